The Labute approximate surface area is 203 Å². The van der Waals surface area contributed by atoms with Crippen LogP contribution >= 0.6 is 0 Å². The average molecular weight is 479 g/mol. The maximum Gasteiger partial charge on any atom is 0.302 e. The van der Waals surface area contributed by atoms with Gasteiger partial charge in [0, 0.05) is 44.4 Å². The van der Waals surface area contributed by atoms with Gasteiger partial charge in [0.2, 0.25) is 0 Å². The molecule has 192 valence electrons. The molecule has 0 radical (unpaired) electrons. The lowest BCUT2D eigenvalue weighted by atomic mass is 9.42. The number of carbonyl (C=O) groups excluding carboxylic acids is 3. The molecule has 34 heavy (non-hydrogen) atoms. The predicted molar refractivity (Wildman–Crippen MR) is 124 cm³/mol. The van der Waals surface area contributed by atoms with Crippen molar-refractivity contribution in [3.63, 3.8) is 0 Å². The quantitative estimate of drug-likeness (QED) is 0.478. The van der Waals surface area contributed by atoms with Crippen LogP contribution in [0.5, 0.6) is 0 Å². The standard InChI is InChI=1S/C27H42O7/c1-15(32-16(2)28)21-7-8-22-20-10-12-27(31)13-19(33-17(3)29)9-11-26(27,6)24(20)23(34-18(4)30)14-25(21,22)5/h15,19-24,31H,7-14H2,1-6H3/t15-,19+,20-,21+,22-,23+,24+,25+,26+,27-/m0/s1. The van der Waals surface area contributed by atoms with E-state index >= 15 is 0 Å². The topological polar surface area (TPSA) is 99.1 Å². The van der Waals surface area contributed by atoms with Crippen LogP contribution in [-0.2, 0) is 28.6 Å². The Balaban J connectivity index is 1.67. The number of hydrogen-bond acceptors (Lipinski definition) is 7. The van der Waals surface area contributed by atoms with Crippen LogP contribution in [0.2, 0.25) is 0 Å². The molecule has 0 saturated heterocycles. The van der Waals surface area contributed by atoms with Crippen LogP contribution < -0.4 is 0 Å². The molecule has 0 bridgehead atoms. The highest BCUT2D eigenvalue weighted by Gasteiger charge is 2.68. The van der Waals surface area contributed by atoms with Gasteiger partial charge in [-0.2, -0.15) is 0 Å². The second-order valence-corrected chi connectivity index (χ2v) is 12.1. The summed E-state index contributed by atoms with van der Waals surface area (Å²) in [6.07, 6.45) is 5.41. The molecule has 4 aliphatic rings. The number of esters is 3. The van der Waals surface area contributed by atoms with E-state index in [1.54, 1.807) is 0 Å². The number of ether oxygens (including phenoxy) is 3. The molecule has 1 N–H and O–H groups in total. The van der Waals surface area contributed by atoms with Gasteiger partial charge in [-0.1, -0.05) is 13.8 Å². The number of rotatable bonds is 4. The van der Waals surface area contributed by atoms with Crippen LogP contribution in [0.1, 0.15) is 92.9 Å². The molecule has 0 unspecified atom stereocenters. The maximum atomic E-state index is 12.2. The SMILES string of the molecule is CC(=O)O[C@@H]1CC[C@]2(C)[C@@H]3[C@@H](CC[C@]2(O)C1)[C@@H]1CC[C@H]([C@H](C)OC(C)=O)[C@@]1(C)C[C@H]3OC(C)=O. The van der Waals surface area contributed by atoms with Crippen molar-refractivity contribution in [2.45, 2.75) is 117 Å². The monoisotopic (exact) mass is 478 g/mol. The first-order valence-corrected chi connectivity index (χ1v) is 13.0. The van der Waals surface area contributed by atoms with Crippen LogP contribution in [0.3, 0.4) is 0 Å². The van der Waals surface area contributed by atoms with Gasteiger partial charge in [0.1, 0.15) is 18.3 Å². The predicted octanol–water partition coefficient (Wildman–Crippen LogP) is 4.19. The van der Waals surface area contributed by atoms with Crippen LogP contribution in [0.25, 0.3) is 0 Å². The largest absolute Gasteiger partial charge is 0.463 e. The second kappa shape index (κ2) is 8.79. The summed E-state index contributed by atoms with van der Waals surface area (Å²) in [4.78, 5) is 35.5. The van der Waals surface area contributed by atoms with Crippen molar-refractivity contribution < 1.29 is 33.7 Å². The summed E-state index contributed by atoms with van der Waals surface area (Å²) in [6, 6.07) is 0. The number of hydrogen-bond donors (Lipinski definition) is 1. The van der Waals surface area contributed by atoms with Crippen molar-refractivity contribution in [1.82, 2.24) is 0 Å². The summed E-state index contributed by atoms with van der Waals surface area (Å²) in [7, 11) is 0. The Morgan fingerprint density at radius 2 is 1.56 bits per heavy atom. The molecule has 0 spiro atoms. The maximum absolute atomic E-state index is 12.2. The zero-order valence-electron chi connectivity index (χ0n) is 21.6. The van der Waals surface area contributed by atoms with Gasteiger partial charge in [0.25, 0.3) is 0 Å². The fourth-order valence-electron chi connectivity index (χ4n) is 9.10. The molecule has 0 heterocycles. The van der Waals surface area contributed by atoms with Gasteiger partial charge in [0.15, 0.2) is 0 Å². The van der Waals surface area contributed by atoms with Crippen molar-refractivity contribution in [2.75, 3.05) is 0 Å². The van der Waals surface area contributed by atoms with E-state index in [9.17, 15) is 19.5 Å². The van der Waals surface area contributed by atoms with Gasteiger partial charge < -0.3 is 19.3 Å². The van der Waals surface area contributed by atoms with Gasteiger partial charge in [-0.25, -0.2) is 0 Å². The molecule has 7 heteroatoms. The van der Waals surface area contributed by atoms with Crippen molar-refractivity contribution >= 4 is 17.9 Å². The molecule has 4 aliphatic carbocycles. The van der Waals surface area contributed by atoms with Gasteiger partial charge in [-0.3, -0.25) is 14.4 Å². The Kier molecular flexibility index (Phi) is 6.58. The molecular formula is C27H42O7. The average Bonchev–Trinajstić information content (AvgIpc) is 3.04. The Morgan fingerprint density at radius 1 is 0.882 bits per heavy atom. The molecule has 4 fully saturated rings. The molecular weight excluding hydrogens is 436 g/mol. The Morgan fingerprint density at radius 3 is 2.18 bits per heavy atom. The van der Waals surface area contributed by atoms with E-state index in [1.807, 2.05) is 6.92 Å². The molecule has 4 saturated carbocycles. The summed E-state index contributed by atoms with van der Waals surface area (Å²) in [5, 5.41) is 12.0. The fourth-order valence-corrected chi connectivity index (χ4v) is 9.10. The molecule has 0 amide bonds. The highest BCUT2D eigenvalue weighted by molar-refractivity contribution is 5.67. The van der Waals surface area contributed by atoms with E-state index in [0.717, 1.165) is 25.7 Å². The lowest BCUT2D eigenvalue weighted by molar-refractivity contribution is -0.252. The van der Waals surface area contributed by atoms with Crippen LogP contribution in [0.4, 0.5) is 0 Å². The van der Waals surface area contributed by atoms with E-state index in [1.165, 1.54) is 20.8 Å². The van der Waals surface area contributed by atoms with E-state index in [-0.39, 0.29) is 53.5 Å². The number of fused-ring (bicyclic) bond motifs is 5. The normalized spacial score (nSPS) is 46.3. The third kappa shape index (κ3) is 4.06. The minimum Gasteiger partial charge on any atom is -0.463 e. The van der Waals surface area contributed by atoms with Crippen LogP contribution in [0.15, 0.2) is 0 Å². The molecule has 0 aromatic heterocycles. The zero-order chi connectivity index (χ0) is 25.1. The zero-order valence-corrected chi connectivity index (χ0v) is 21.6. The molecule has 0 aliphatic heterocycles. The summed E-state index contributed by atoms with van der Waals surface area (Å²) in [6.45, 7) is 10.8. The minimum atomic E-state index is -0.957. The van der Waals surface area contributed by atoms with Crippen LogP contribution in [-0.4, -0.2) is 46.9 Å². The van der Waals surface area contributed by atoms with Crippen molar-refractivity contribution in [1.29, 1.82) is 0 Å². The van der Waals surface area contributed by atoms with Crippen LogP contribution in [0, 0.1) is 34.5 Å². The first-order chi connectivity index (χ1) is 15.8. The summed E-state index contributed by atoms with van der Waals surface area (Å²) in [5.41, 5.74) is -1.48. The van der Waals surface area contributed by atoms with Gasteiger partial charge in [-0.05, 0) is 69.1 Å². The van der Waals surface area contributed by atoms with Crippen molar-refractivity contribution in [2.24, 2.45) is 34.5 Å². The molecule has 7 nitrogen and oxygen atoms in total. The molecule has 10 atom stereocenters. The minimum absolute atomic E-state index is 0.0503. The van der Waals surface area contributed by atoms with E-state index in [2.05, 4.69) is 13.8 Å². The lowest BCUT2D eigenvalue weighted by Gasteiger charge is -2.65. The number of carbonyl (C=O) groups is 3. The highest BCUT2D eigenvalue weighted by Crippen LogP contribution is 2.69. The van der Waals surface area contributed by atoms with E-state index in [4.69, 9.17) is 14.2 Å². The third-order valence-corrected chi connectivity index (χ3v) is 10.3. The van der Waals surface area contributed by atoms with Gasteiger partial charge >= 0.3 is 17.9 Å². The summed E-state index contributed by atoms with van der Waals surface area (Å²) < 4.78 is 17.2. The molecule has 4 rings (SSSR count). The fraction of sp³-hybridized carbons (Fsp3) is 0.889. The second-order valence-electron chi connectivity index (χ2n) is 12.1. The molecule has 0 aromatic rings. The van der Waals surface area contributed by atoms with Crippen molar-refractivity contribution in [3.05, 3.63) is 0 Å². The Bertz CT molecular complexity index is 841. The van der Waals surface area contributed by atoms with Gasteiger partial charge in [0.05, 0.1) is 5.60 Å². The highest BCUT2D eigenvalue weighted by atomic mass is 16.6. The smallest absolute Gasteiger partial charge is 0.302 e. The summed E-state index contributed by atoms with van der Waals surface area (Å²) >= 11 is 0. The van der Waals surface area contributed by atoms with E-state index in [0.29, 0.717) is 37.5 Å². The first-order valence-electron chi connectivity index (χ1n) is 13.0. The third-order valence-electron chi connectivity index (χ3n) is 10.3. The first kappa shape index (κ1) is 25.5. The van der Waals surface area contributed by atoms with Crippen molar-refractivity contribution in [3.8, 4) is 0 Å². The Hall–Kier alpha value is -1.63. The van der Waals surface area contributed by atoms with E-state index < -0.39 is 11.0 Å². The lowest BCUT2D eigenvalue weighted by Crippen LogP contribution is -2.67. The van der Waals surface area contributed by atoms with Gasteiger partial charge in [-0.15, -0.1) is 0 Å². The number of aliphatic hydroxyl groups is 1. The molecule has 0 aromatic carbocycles. The summed E-state index contributed by atoms with van der Waals surface area (Å²) in [5.74, 6) is 0.163.